The second-order valence-corrected chi connectivity index (χ2v) is 5.75. The van der Waals surface area contributed by atoms with Crippen molar-refractivity contribution in [1.29, 1.82) is 0 Å². The molecule has 0 spiro atoms. The van der Waals surface area contributed by atoms with Gasteiger partial charge in [-0.15, -0.1) is 0 Å². The van der Waals surface area contributed by atoms with E-state index in [1.54, 1.807) is 0 Å². The molecule has 1 heteroatoms. The van der Waals surface area contributed by atoms with Crippen LogP contribution in [-0.4, -0.2) is 0 Å². The third kappa shape index (κ3) is 2.97. The number of fused-ring (bicyclic) bond motifs is 1. The standard InChI is InChI=1S/C20H22N/c1-3-16(2)18-12-10-17(11-13-18)15-21-14-6-8-19-7-4-5-9-20(19)21/h4-14,16H,3,15H2,1-2H3/q+1. The number of benzene rings is 2. The maximum atomic E-state index is 2.31. The van der Waals surface area contributed by atoms with Crippen LogP contribution in [0.2, 0.25) is 0 Å². The van der Waals surface area contributed by atoms with Gasteiger partial charge >= 0.3 is 0 Å². The van der Waals surface area contributed by atoms with Crippen molar-refractivity contribution in [1.82, 2.24) is 0 Å². The molecule has 0 aliphatic carbocycles. The van der Waals surface area contributed by atoms with Crippen LogP contribution in [0.5, 0.6) is 0 Å². The summed E-state index contributed by atoms with van der Waals surface area (Å²) in [5, 5.41) is 1.29. The molecule has 0 aliphatic heterocycles. The Labute approximate surface area is 126 Å². The van der Waals surface area contributed by atoms with Gasteiger partial charge < -0.3 is 0 Å². The quantitative estimate of drug-likeness (QED) is 0.609. The zero-order valence-corrected chi connectivity index (χ0v) is 12.8. The Hall–Kier alpha value is -2.15. The second-order valence-electron chi connectivity index (χ2n) is 5.75. The lowest BCUT2D eigenvalue weighted by Crippen LogP contribution is -2.34. The van der Waals surface area contributed by atoms with E-state index in [0.29, 0.717) is 5.92 Å². The zero-order valence-electron chi connectivity index (χ0n) is 12.8. The van der Waals surface area contributed by atoms with Crippen LogP contribution in [0.15, 0.2) is 66.9 Å². The molecule has 21 heavy (non-hydrogen) atoms. The van der Waals surface area contributed by atoms with Gasteiger partial charge in [0.25, 0.3) is 0 Å². The summed E-state index contributed by atoms with van der Waals surface area (Å²) in [6, 6.07) is 21.9. The van der Waals surface area contributed by atoms with Gasteiger partial charge in [-0.05, 0) is 30.0 Å². The van der Waals surface area contributed by atoms with Crippen LogP contribution in [0.25, 0.3) is 10.9 Å². The smallest absolute Gasteiger partial charge is 0.194 e. The van der Waals surface area contributed by atoms with Crippen LogP contribution in [0.4, 0.5) is 0 Å². The van der Waals surface area contributed by atoms with Gasteiger partial charge in [0.05, 0.1) is 0 Å². The lowest BCUT2D eigenvalue weighted by Gasteiger charge is -2.09. The first-order valence-corrected chi connectivity index (χ1v) is 7.74. The summed E-state index contributed by atoms with van der Waals surface area (Å²) in [4.78, 5) is 0. The van der Waals surface area contributed by atoms with Crippen LogP contribution >= 0.6 is 0 Å². The maximum absolute atomic E-state index is 2.31. The topological polar surface area (TPSA) is 3.88 Å². The first-order valence-electron chi connectivity index (χ1n) is 7.74. The first kappa shape index (κ1) is 13.8. The van der Waals surface area contributed by atoms with Crippen LogP contribution in [-0.2, 0) is 6.54 Å². The SMILES string of the molecule is CCC(C)c1ccc(C[n+]2cccc3ccccc32)cc1. The molecule has 2 aromatic carbocycles. The average molecular weight is 276 g/mol. The predicted octanol–water partition coefficient (Wildman–Crippen LogP) is 4.69. The Morgan fingerprint density at radius 3 is 2.38 bits per heavy atom. The molecule has 0 bridgehead atoms. The number of pyridine rings is 1. The molecule has 1 heterocycles. The Morgan fingerprint density at radius 2 is 1.62 bits per heavy atom. The highest BCUT2D eigenvalue weighted by Gasteiger charge is 2.09. The number of hydrogen-bond acceptors (Lipinski definition) is 0. The average Bonchev–Trinajstić information content (AvgIpc) is 2.55. The number of aromatic nitrogens is 1. The minimum Gasteiger partial charge on any atom is -0.194 e. The minimum absolute atomic E-state index is 0.643. The molecule has 0 fully saturated rings. The van der Waals surface area contributed by atoms with Crippen LogP contribution in [0.1, 0.15) is 37.3 Å². The third-order valence-electron chi connectivity index (χ3n) is 4.30. The number of rotatable bonds is 4. The van der Waals surface area contributed by atoms with Gasteiger partial charge in [0, 0.05) is 23.1 Å². The first-order chi connectivity index (χ1) is 10.3. The molecule has 0 aliphatic rings. The van der Waals surface area contributed by atoms with E-state index in [1.807, 2.05) is 0 Å². The van der Waals surface area contributed by atoms with Crippen molar-refractivity contribution < 1.29 is 4.57 Å². The Kier molecular flexibility index (Phi) is 4.01. The molecule has 106 valence electrons. The number of nitrogens with zero attached hydrogens (tertiary/aromatic N) is 1. The van der Waals surface area contributed by atoms with E-state index in [-0.39, 0.29) is 0 Å². The fraction of sp³-hybridized carbons (Fsp3) is 0.250. The summed E-state index contributed by atoms with van der Waals surface area (Å²) in [7, 11) is 0. The molecule has 0 radical (unpaired) electrons. The molecule has 3 aromatic rings. The summed E-state index contributed by atoms with van der Waals surface area (Å²) in [6.07, 6.45) is 3.35. The van der Waals surface area contributed by atoms with Gasteiger partial charge in [0.1, 0.15) is 0 Å². The van der Waals surface area contributed by atoms with Gasteiger partial charge in [-0.25, -0.2) is 0 Å². The molecule has 0 amide bonds. The Morgan fingerprint density at radius 1 is 0.905 bits per heavy atom. The molecule has 0 N–H and O–H groups in total. The fourth-order valence-electron chi connectivity index (χ4n) is 2.74. The van der Waals surface area contributed by atoms with Crippen molar-refractivity contribution in [2.24, 2.45) is 0 Å². The van der Waals surface area contributed by atoms with Crippen molar-refractivity contribution in [2.45, 2.75) is 32.7 Å². The Balaban J connectivity index is 1.88. The highest BCUT2D eigenvalue weighted by molar-refractivity contribution is 5.74. The summed E-state index contributed by atoms with van der Waals surface area (Å²) in [5.74, 6) is 0.643. The van der Waals surface area contributed by atoms with Gasteiger partial charge in [0.2, 0.25) is 5.52 Å². The van der Waals surface area contributed by atoms with E-state index < -0.39 is 0 Å². The lowest BCUT2D eigenvalue weighted by atomic mass is 9.97. The molecular formula is C20H22N+. The molecule has 1 nitrogen and oxygen atoms in total. The fourth-order valence-corrected chi connectivity index (χ4v) is 2.74. The normalized spacial score (nSPS) is 12.5. The molecule has 0 saturated carbocycles. The van der Waals surface area contributed by atoms with Crippen LogP contribution in [0, 0.1) is 0 Å². The van der Waals surface area contributed by atoms with Gasteiger partial charge in [0.15, 0.2) is 12.7 Å². The van der Waals surface area contributed by atoms with Crippen molar-refractivity contribution in [3.63, 3.8) is 0 Å². The molecule has 3 rings (SSSR count). The van der Waals surface area contributed by atoms with E-state index in [4.69, 9.17) is 0 Å². The van der Waals surface area contributed by atoms with Crippen molar-refractivity contribution in [3.8, 4) is 0 Å². The monoisotopic (exact) mass is 276 g/mol. The molecular weight excluding hydrogens is 254 g/mol. The summed E-state index contributed by atoms with van der Waals surface area (Å²) in [5.41, 5.74) is 4.07. The maximum Gasteiger partial charge on any atom is 0.212 e. The molecule has 1 aromatic heterocycles. The second kappa shape index (κ2) is 6.09. The molecule has 1 unspecified atom stereocenters. The number of hydrogen-bond donors (Lipinski definition) is 0. The van der Waals surface area contributed by atoms with Crippen LogP contribution < -0.4 is 4.57 Å². The molecule has 0 saturated heterocycles. The van der Waals surface area contributed by atoms with Crippen molar-refractivity contribution >= 4 is 10.9 Å². The number of para-hydroxylation sites is 1. The zero-order chi connectivity index (χ0) is 14.7. The van der Waals surface area contributed by atoms with Gasteiger partial charge in [-0.2, -0.15) is 4.57 Å². The summed E-state index contributed by atoms with van der Waals surface area (Å²) < 4.78 is 2.31. The lowest BCUT2D eigenvalue weighted by molar-refractivity contribution is -0.662. The Bertz CT molecular complexity index is 723. The van der Waals surface area contributed by atoms with Gasteiger partial charge in [-0.3, -0.25) is 0 Å². The molecule has 1 atom stereocenters. The highest BCUT2D eigenvalue weighted by atomic mass is 14.9. The minimum atomic E-state index is 0.643. The third-order valence-corrected chi connectivity index (χ3v) is 4.30. The largest absolute Gasteiger partial charge is 0.212 e. The van der Waals surface area contributed by atoms with E-state index in [2.05, 4.69) is 85.3 Å². The predicted molar refractivity (Wildman–Crippen MR) is 88.4 cm³/mol. The van der Waals surface area contributed by atoms with Crippen molar-refractivity contribution in [3.05, 3.63) is 78.0 Å². The van der Waals surface area contributed by atoms with Gasteiger partial charge in [-0.1, -0.05) is 50.2 Å². The highest BCUT2D eigenvalue weighted by Crippen LogP contribution is 2.19. The van der Waals surface area contributed by atoms with E-state index in [0.717, 1.165) is 6.54 Å². The van der Waals surface area contributed by atoms with Crippen molar-refractivity contribution in [2.75, 3.05) is 0 Å². The summed E-state index contributed by atoms with van der Waals surface area (Å²) in [6.45, 7) is 5.45. The van der Waals surface area contributed by atoms with Crippen LogP contribution in [0.3, 0.4) is 0 Å². The van der Waals surface area contributed by atoms with E-state index >= 15 is 0 Å². The van der Waals surface area contributed by atoms with E-state index in [1.165, 1.54) is 28.5 Å². The summed E-state index contributed by atoms with van der Waals surface area (Å²) >= 11 is 0. The van der Waals surface area contributed by atoms with E-state index in [9.17, 15) is 0 Å².